The van der Waals surface area contributed by atoms with Crippen molar-refractivity contribution in [3.8, 4) is 23.1 Å². The molecule has 0 atom stereocenters. The lowest BCUT2D eigenvalue weighted by atomic mass is 10.1. The van der Waals surface area contributed by atoms with Gasteiger partial charge < -0.3 is 9.55 Å². The Bertz CT molecular complexity index is 1470. The topological polar surface area (TPSA) is 63.0 Å². The number of benzene rings is 2. The van der Waals surface area contributed by atoms with Crippen LogP contribution in [0.4, 0.5) is 0 Å². The van der Waals surface area contributed by atoms with Crippen molar-refractivity contribution in [2.24, 2.45) is 7.05 Å². The second-order valence-corrected chi connectivity index (χ2v) is 8.57. The van der Waals surface area contributed by atoms with Crippen molar-refractivity contribution in [2.75, 3.05) is 13.1 Å². The zero-order chi connectivity index (χ0) is 23.5. The van der Waals surface area contributed by atoms with Gasteiger partial charge in [-0.2, -0.15) is 0 Å². The molecule has 2 aromatic heterocycles. The number of aromatic nitrogens is 3. The molecule has 170 valence electrons. The van der Waals surface area contributed by atoms with Crippen LogP contribution in [0.2, 0.25) is 0 Å². The van der Waals surface area contributed by atoms with Gasteiger partial charge in [-0.15, -0.1) is 0 Å². The third kappa shape index (κ3) is 4.39. The summed E-state index contributed by atoms with van der Waals surface area (Å²) in [6.45, 7) is 2.10. The van der Waals surface area contributed by atoms with Crippen molar-refractivity contribution in [2.45, 2.75) is 19.5 Å². The van der Waals surface area contributed by atoms with E-state index in [-0.39, 0.29) is 17.8 Å². The average Bonchev–Trinajstić information content (AvgIpc) is 3.41. The Hall–Kier alpha value is -4.08. The maximum absolute atomic E-state index is 13.4. The molecule has 2 aromatic carbocycles. The smallest absolute Gasteiger partial charge is 0.331 e. The van der Waals surface area contributed by atoms with Gasteiger partial charge in [0, 0.05) is 49.7 Å². The van der Waals surface area contributed by atoms with Crippen molar-refractivity contribution in [3.63, 3.8) is 0 Å². The van der Waals surface area contributed by atoms with Crippen LogP contribution in [0, 0.1) is 11.8 Å². The van der Waals surface area contributed by atoms with Crippen LogP contribution in [0.15, 0.2) is 82.5 Å². The fraction of sp³-hybridized carbons (Fsp3) is 0.214. The third-order valence-electron chi connectivity index (χ3n) is 6.33. The Labute approximate surface area is 198 Å². The molecule has 0 aliphatic carbocycles. The highest BCUT2D eigenvalue weighted by Gasteiger charge is 2.23. The summed E-state index contributed by atoms with van der Waals surface area (Å²) in [4.78, 5) is 31.7. The van der Waals surface area contributed by atoms with Crippen LogP contribution >= 0.6 is 0 Å². The van der Waals surface area contributed by atoms with Crippen LogP contribution in [0.1, 0.15) is 22.4 Å². The first-order valence-corrected chi connectivity index (χ1v) is 11.4. The SMILES string of the molecule is Cn1c2c(c(=O)n(Cc3ccc(-c4ccc[nH]4)cc3)c1=O)CN(CC#Cc1ccccc1)CC2. The molecule has 1 aliphatic rings. The van der Waals surface area contributed by atoms with E-state index in [2.05, 4.69) is 21.7 Å². The molecule has 4 aromatic rings. The lowest BCUT2D eigenvalue weighted by Crippen LogP contribution is -2.47. The van der Waals surface area contributed by atoms with E-state index in [1.165, 1.54) is 4.57 Å². The van der Waals surface area contributed by atoms with E-state index in [9.17, 15) is 9.59 Å². The number of hydrogen-bond donors (Lipinski definition) is 1. The molecule has 0 saturated heterocycles. The van der Waals surface area contributed by atoms with Crippen molar-refractivity contribution in [3.05, 3.63) is 116 Å². The highest BCUT2D eigenvalue weighted by Crippen LogP contribution is 2.18. The molecular formula is C28H26N4O2. The fourth-order valence-electron chi connectivity index (χ4n) is 4.45. The van der Waals surface area contributed by atoms with Gasteiger partial charge in [0.1, 0.15) is 0 Å². The van der Waals surface area contributed by atoms with Crippen molar-refractivity contribution in [1.29, 1.82) is 0 Å². The number of rotatable bonds is 4. The largest absolute Gasteiger partial charge is 0.361 e. The van der Waals surface area contributed by atoms with Crippen LogP contribution in [-0.2, 0) is 26.6 Å². The summed E-state index contributed by atoms with van der Waals surface area (Å²) in [7, 11) is 1.76. The Kier molecular flexibility index (Phi) is 6.03. The summed E-state index contributed by atoms with van der Waals surface area (Å²) in [6, 6.07) is 21.8. The molecule has 34 heavy (non-hydrogen) atoms. The van der Waals surface area contributed by atoms with Crippen molar-refractivity contribution >= 4 is 0 Å². The Morgan fingerprint density at radius 3 is 2.50 bits per heavy atom. The summed E-state index contributed by atoms with van der Waals surface area (Å²) in [5.41, 5.74) is 5.04. The molecule has 0 unspecified atom stereocenters. The van der Waals surface area contributed by atoms with Crippen molar-refractivity contribution in [1.82, 2.24) is 19.0 Å². The molecule has 3 heterocycles. The summed E-state index contributed by atoms with van der Waals surface area (Å²) in [6.07, 6.45) is 2.55. The van der Waals surface area contributed by atoms with Crippen LogP contribution in [0.25, 0.3) is 11.3 Å². The zero-order valence-electron chi connectivity index (χ0n) is 19.1. The maximum Gasteiger partial charge on any atom is 0.331 e. The van der Waals surface area contributed by atoms with Gasteiger partial charge in [0.05, 0.1) is 18.7 Å². The van der Waals surface area contributed by atoms with Crippen molar-refractivity contribution < 1.29 is 0 Å². The number of aromatic amines is 1. The van der Waals surface area contributed by atoms with Crippen LogP contribution in [-0.4, -0.2) is 32.1 Å². The number of nitrogens with one attached hydrogen (secondary N) is 1. The number of hydrogen-bond acceptors (Lipinski definition) is 3. The first kappa shape index (κ1) is 21.7. The molecule has 0 amide bonds. The van der Waals surface area contributed by atoms with Gasteiger partial charge in [-0.1, -0.05) is 54.3 Å². The summed E-state index contributed by atoms with van der Waals surface area (Å²) in [5, 5.41) is 0. The van der Waals surface area contributed by atoms with Crippen LogP contribution in [0.5, 0.6) is 0 Å². The lowest BCUT2D eigenvalue weighted by molar-refractivity contribution is 0.275. The summed E-state index contributed by atoms with van der Waals surface area (Å²) < 4.78 is 2.98. The van der Waals surface area contributed by atoms with E-state index in [0.29, 0.717) is 25.1 Å². The second-order valence-electron chi connectivity index (χ2n) is 8.57. The lowest BCUT2D eigenvalue weighted by Gasteiger charge is -2.28. The van der Waals surface area contributed by atoms with E-state index in [0.717, 1.165) is 34.6 Å². The fourth-order valence-corrected chi connectivity index (χ4v) is 4.45. The van der Waals surface area contributed by atoms with Crippen LogP contribution in [0.3, 0.4) is 0 Å². The number of nitrogens with zero attached hydrogens (tertiary/aromatic N) is 3. The van der Waals surface area contributed by atoms with Crippen LogP contribution < -0.4 is 11.2 Å². The molecule has 0 spiro atoms. The van der Waals surface area contributed by atoms with Gasteiger partial charge in [-0.05, 0) is 35.4 Å². The van der Waals surface area contributed by atoms with E-state index < -0.39 is 0 Å². The molecule has 0 saturated carbocycles. The Balaban J connectivity index is 1.38. The minimum absolute atomic E-state index is 0.202. The minimum atomic E-state index is -0.269. The van der Waals surface area contributed by atoms with Gasteiger partial charge in [0.15, 0.2) is 0 Å². The van der Waals surface area contributed by atoms with E-state index in [1.54, 1.807) is 11.6 Å². The minimum Gasteiger partial charge on any atom is -0.361 e. The van der Waals surface area contributed by atoms with Gasteiger partial charge in [0.25, 0.3) is 5.56 Å². The summed E-state index contributed by atoms with van der Waals surface area (Å²) >= 11 is 0. The Morgan fingerprint density at radius 2 is 1.76 bits per heavy atom. The molecule has 1 N–H and O–H groups in total. The molecule has 6 heteroatoms. The third-order valence-corrected chi connectivity index (χ3v) is 6.33. The highest BCUT2D eigenvalue weighted by molar-refractivity contribution is 5.59. The average molecular weight is 451 g/mol. The number of H-pyrrole nitrogens is 1. The molecular weight excluding hydrogens is 424 g/mol. The predicted molar refractivity (Wildman–Crippen MR) is 134 cm³/mol. The first-order valence-electron chi connectivity index (χ1n) is 11.4. The van der Waals surface area contributed by atoms with E-state index in [1.807, 2.05) is 72.9 Å². The maximum atomic E-state index is 13.4. The molecule has 1 aliphatic heterocycles. The normalized spacial score (nSPS) is 13.2. The molecule has 0 radical (unpaired) electrons. The van der Waals surface area contributed by atoms with Gasteiger partial charge in [0.2, 0.25) is 0 Å². The highest BCUT2D eigenvalue weighted by atomic mass is 16.2. The van der Waals surface area contributed by atoms with Gasteiger partial charge in [-0.25, -0.2) is 4.79 Å². The van der Waals surface area contributed by atoms with Gasteiger partial charge >= 0.3 is 5.69 Å². The zero-order valence-corrected chi connectivity index (χ0v) is 19.1. The molecule has 0 fully saturated rings. The van der Waals surface area contributed by atoms with Gasteiger partial charge in [-0.3, -0.25) is 14.3 Å². The molecule has 6 nitrogen and oxygen atoms in total. The quantitative estimate of drug-likeness (QED) is 0.486. The standard InChI is InChI=1S/C28H26N4O2/c1-30-26-15-18-31(17-6-9-21-7-3-2-4-8-21)20-24(26)27(33)32(28(30)34)19-22-11-13-23(14-12-22)25-10-5-16-29-25/h2-5,7-8,10-14,16,29H,15,17-20H2,1H3. The summed E-state index contributed by atoms with van der Waals surface area (Å²) in [5.74, 6) is 6.39. The predicted octanol–water partition coefficient (Wildman–Crippen LogP) is 3.00. The second kappa shape index (κ2) is 9.42. The number of fused-ring (bicyclic) bond motifs is 1. The molecule has 5 rings (SSSR count). The van der Waals surface area contributed by atoms with E-state index in [4.69, 9.17) is 0 Å². The monoisotopic (exact) mass is 450 g/mol. The Morgan fingerprint density at radius 1 is 0.971 bits per heavy atom. The van der Waals surface area contributed by atoms with E-state index >= 15 is 0 Å². The first-order chi connectivity index (χ1) is 16.6. The molecule has 0 bridgehead atoms.